The molecular formula is C17H34N2O. The summed E-state index contributed by atoms with van der Waals surface area (Å²) in [6.07, 6.45) is 11.5. The van der Waals surface area contributed by atoms with Crippen molar-refractivity contribution in [3.63, 3.8) is 0 Å². The third-order valence-corrected chi connectivity index (χ3v) is 5.36. The van der Waals surface area contributed by atoms with Gasteiger partial charge < -0.3 is 15.3 Å². The molecule has 3 heteroatoms. The molecule has 0 aromatic heterocycles. The fourth-order valence-electron chi connectivity index (χ4n) is 3.54. The van der Waals surface area contributed by atoms with Crippen molar-refractivity contribution in [1.82, 2.24) is 10.2 Å². The van der Waals surface area contributed by atoms with Gasteiger partial charge in [0, 0.05) is 17.6 Å². The first-order chi connectivity index (χ1) is 9.69. The summed E-state index contributed by atoms with van der Waals surface area (Å²) in [5.74, 6) is 0. The van der Waals surface area contributed by atoms with Crippen molar-refractivity contribution < 1.29 is 5.11 Å². The molecule has 2 rings (SSSR count). The fourth-order valence-corrected chi connectivity index (χ4v) is 3.54. The first-order valence-electron chi connectivity index (χ1n) is 8.82. The van der Waals surface area contributed by atoms with Crippen LogP contribution in [0.5, 0.6) is 0 Å². The van der Waals surface area contributed by atoms with Crippen molar-refractivity contribution >= 4 is 0 Å². The van der Waals surface area contributed by atoms with E-state index in [1.807, 2.05) is 0 Å². The lowest BCUT2D eigenvalue weighted by molar-refractivity contribution is 0.131. The monoisotopic (exact) mass is 282 g/mol. The number of likely N-dealkylation sites (tertiary alicyclic amines) is 1. The molecule has 118 valence electrons. The minimum absolute atomic E-state index is 0.0176. The lowest BCUT2D eigenvalue weighted by Gasteiger charge is -2.34. The van der Waals surface area contributed by atoms with Gasteiger partial charge in [-0.25, -0.2) is 0 Å². The number of hydrogen-bond donors (Lipinski definition) is 2. The molecule has 2 N–H and O–H groups in total. The molecule has 1 heterocycles. The molecular weight excluding hydrogens is 248 g/mol. The van der Waals surface area contributed by atoms with Crippen LogP contribution in [0.1, 0.15) is 71.6 Å². The smallest absolute Gasteiger partial charge is 0.0613 e. The predicted octanol–water partition coefficient (Wildman–Crippen LogP) is 2.92. The van der Waals surface area contributed by atoms with Gasteiger partial charge in [0.15, 0.2) is 0 Å². The van der Waals surface area contributed by atoms with Crippen LogP contribution in [0, 0.1) is 0 Å². The Morgan fingerprint density at radius 3 is 2.65 bits per heavy atom. The normalized spacial score (nSPS) is 28.1. The minimum atomic E-state index is -0.0176. The van der Waals surface area contributed by atoms with Gasteiger partial charge in [-0.05, 0) is 65.0 Å². The molecule has 2 aliphatic rings. The third kappa shape index (κ3) is 4.71. The first-order valence-corrected chi connectivity index (χ1v) is 8.82. The van der Waals surface area contributed by atoms with Gasteiger partial charge >= 0.3 is 0 Å². The average molecular weight is 282 g/mol. The van der Waals surface area contributed by atoms with Crippen LogP contribution in [0.3, 0.4) is 0 Å². The quantitative estimate of drug-likeness (QED) is 0.718. The maximum absolute atomic E-state index is 9.81. The molecule has 0 amide bonds. The molecule has 2 atom stereocenters. The van der Waals surface area contributed by atoms with Crippen LogP contribution in [0.4, 0.5) is 0 Å². The van der Waals surface area contributed by atoms with Gasteiger partial charge in [0.1, 0.15) is 0 Å². The summed E-state index contributed by atoms with van der Waals surface area (Å²) in [4.78, 5) is 2.67. The van der Waals surface area contributed by atoms with Gasteiger partial charge in [0.25, 0.3) is 0 Å². The van der Waals surface area contributed by atoms with Crippen LogP contribution < -0.4 is 5.32 Å². The topological polar surface area (TPSA) is 35.5 Å². The first kappa shape index (κ1) is 16.3. The van der Waals surface area contributed by atoms with Crippen LogP contribution in [-0.2, 0) is 0 Å². The predicted molar refractivity (Wildman–Crippen MR) is 85.0 cm³/mol. The second-order valence-electron chi connectivity index (χ2n) is 7.05. The molecule has 1 saturated heterocycles. The summed E-state index contributed by atoms with van der Waals surface area (Å²) in [7, 11) is 0. The molecule has 0 aromatic rings. The Balaban J connectivity index is 1.76. The Morgan fingerprint density at radius 2 is 2.00 bits per heavy atom. The Bertz CT molecular complexity index is 274. The van der Waals surface area contributed by atoms with Crippen LogP contribution >= 0.6 is 0 Å². The summed E-state index contributed by atoms with van der Waals surface area (Å²) in [6, 6.07) is 1.43. The summed E-state index contributed by atoms with van der Waals surface area (Å²) in [6.45, 7) is 7.35. The van der Waals surface area contributed by atoms with E-state index in [9.17, 15) is 5.11 Å². The largest absolute Gasteiger partial charge is 0.394 e. The van der Waals surface area contributed by atoms with E-state index in [-0.39, 0.29) is 12.1 Å². The third-order valence-electron chi connectivity index (χ3n) is 5.36. The molecule has 2 fully saturated rings. The second kappa shape index (κ2) is 7.77. The van der Waals surface area contributed by atoms with Crippen LogP contribution in [0.15, 0.2) is 0 Å². The molecule has 0 aromatic carbocycles. The Morgan fingerprint density at radius 1 is 1.20 bits per heavy atom. The van der Waals surface area contributed by atoms with Crippen LogP contribution in [0.2, 0.25) is 0 Å². The highest BCUT2D eigenvalue weighted by Crippen LogP contribution is 2.27. The minimum Gasteiger partial charge on any atom is -0.394 e. The molecule has 20 heavy (non-hydrogen) atoms. The van der Waals surface area contributed by atoms with E-state index in [0.29, 0.717) is 6.04 Å². The van der Waals surface area contributed by atoms with Crippen molar-refractivity contribution in [1.29, 1.82) is 0 Å². The SMILES string of the molecule is CCC(CO)(CCCN1CCCCCC1C)NC1CC1. The van der Waals surface area contributed by atoms with Crippen molar-refractivity contribution in [3.05, 3.63) is 0 Å². The highest BCUT2D eigenvalue weighted by Gasteiger charge is 2.34. The molecule has 0 radical (unpaired) electrons. The van der Waals surface area contributed by atoms with E-state index in [0.717, 1.165) is 18.9 Å². The average Bonchev–Trinajstić information content (AvgIpc) is 3.28. The molecule has 1 aliphatic heterocycles. The highest BCUT2D eigenvalue weighted by molar-refractivity contribution is 4.94. The molecule has 3 nitrogen and oxygen atoms in total. The molecule has 0 bridgehead atoms. The number of aliphatic hydroxyl groups excluding tert-OH is 1. The molecule has 1 saturated carbocycles. The standard InChI is InChI=1S/C17H34N2O/c1-3-17(14-20,18-16-9-10-16)11-7-13-19-12-6-4-5-8-15(19)2/h15-16,18,20H,3-14H2,1-2H3. The maximum Gasteiger partial charge on any atom is 0.0613 e. The van der Waals surface area contributed by atoms with Crippen LogP contribution in [0.25, 0.3) is 0 Å². The van der Waals surface area contributed by atoms with Gasteiger partial charge in [-0.3, -0.25) is 0 Å². The summed E-state index contributed by atoms with van der Waals surface area (Å²) >= 11 is 0. The van der Waals surface area contributed by atoms with Crippen molar-refractivity contribution in [2.24, 2.45) is 0 Å². The zero-order valence-electron chi connectivity index (χ0n) is 13.5. The van der Waals surface area contributed by atoms with E-state index >= 15 is 0 Å². The van der Waals surface area contributed by atoms with Crippen molar-refractivity contribution in [2.45, 2.75) is 89.3 Å². The Labute approximate surface area is 125 Å². The van der Waals surface area contributed by atoms with E-state index in [1.54, 1.807) is 0 Å². The van der Waals surface area contributed by atoms with Crippen molar-refractivity contribution in [3.8, 4) is 0 Å². The summed E-state index contributed by atoms with van der Waals surface area (Å²) in [5, 5.41) is 13.5. The number of nitrogens with zero attached hydrogens (tertiary/aromatic N) is 1. The number of hydrogen-bond acceptors (Lipinski definition) is 3. The van der Waals surface area contributed by atoms with E-state index < -0.39 is 0 Å². The van der Waals surface area contributed by atoms with E-state index in [4.69, 9.17) is 0 Å². The lowest BCUT2D eigenvalue weighted by Crippen LogP contribution is -2.49. The summed E-state index contributed by atoms with van der Waals surface area (Å²) in [5.41, 5.74) is -0.0176. The van der Waals surface area contributed by atoms with Crippen LogP contribution in [-0.4, -0.2) is 47.3 Å². The fraction of sp³-hybridized carbons (Fsp3) is 1.00. The number of rotatable bonds is 8. The van der Waals surface area contributed by atoms with Gasteiger partial charge in [0.05, 0.1) is 6.61 Å². The molecule has 1 aliphatic carbocycles. The zero-order valence-corrected chi connectivity index (χ0v) is 13.5. The zero-order chi connectivity index (χ0) is 14.4. The Hall–Kier alpha value is -0.120. The van der Waals surface area contributed by atoms with Gasteiger partial charge in [0.2, 0.25) is 0 Å². The number of nitrogens with one attached hydrogen (secondary N) is 1. The lowest BCUT2D eigenvalue weighted by atomic mass is 9.90. The maximum atomic E-state index is 9.81. The summed E-state index contributed by atoms with van der Waals surface area (Å²) < 4.78 is 0. The van der Waals surface area contributed by atoms with E-state index in [2.05, 4.69) is 24.1 Å². The Kier molecular flexibility index (Phi) is 6.31. The van der Waals surface area contributed by atoms with Crippen molar-refractivity contribution in [2.75, 3.05) is 19.7 Å². The van der Waals surface area contributed by atoms with Gasteiger partial charge in [-0.1, -0.05) is 19.8 Å². The highest BCUT2D eigenvalue weighted by atomic mass is 16.3. The van der Waals surface area contributed by atoms with Gasteiger partial charge in [-0.2, -0.15) is 0 Å². The molecule has 0 spiro atoms. The number of aliphatic hydroxyl groups is 1. The molecule has 2 unspecified atom stereocenters. The second-order valence-corrected chi connectivity index (χ2v) is 7.05. The van der Waals surface area contributed by atoms with Gasteiger partial charge in [-0.15, -0.1) is 0 Å². The van der Waals surface area contributed by atoms with E-state index in [1.165, 1.54) is 58.0 Å².